The number of ether oxygens (including phenoxy) is 1. The molecule has 1 aromatic carbocycles. The lowest BCUT2D eigenvalue weighted by atomic mass is 10.3. The zero-order chi connectivity index (χ0) is 14.9. The van der Waals surface area contributed by atoms with Crippen LogP contribution in [0.3, 0.4) is 0 Å². The average molecular weight is 312 g/mol. The molecule has 0 atom stereocenters. The number of halogens is 1. The van der Waals surface area contributed by atoms with Gasteiger partial charge in [0.05, 0.1) is 18.1 Å². The second kappa shape index (κ2) is 8.87. The Bertz CT molecular complexity index is 450. The van der Waals surface area contributed by atoms with E-state index in [4.69, 9.17) is 16.3 Å². The van der Waals surface area contributed by atoms with Crippen molar-refractivity contribution in [2.45, 2.75) is 6.42 Å². The van der Waals surface area contributed by atoms with Crippen molar-refractivity contribution in [3.05, 3.63) is 29.3 Å². The third kappa shape index (κ3) is 5.91. The van der Waals surface area contributed by atoms with E-state index in [9.17, 15) is 4.79 Å². The van der Waals surface area contributed by atoms with Gasteiger partial charge in [-0.2, -0.15) is 0 Å². The number of amides is 1. The zero-order valence-electron chi connectivity index (χ0n) is 12.1. The highest BCUT2D eigenvalue weighted by molar-refractivity contribution is 6.32. The Morgan fingerprint density at radius 1 is 1.33 bits per heavy atom. The van der Waals surface area contributed by atoms with Crippen LogP contribution in [-0.4, -0.2) is 56.7 Å². The van der Waals surface area contributed by atoms with E-state index in [0.717, 1.165) is 32.7 Å². The maximum atomic E-state index is 11.7. The van der Waals surface area contributed by atoms with E-state index < -0.39 is 0 Å². The van der Waals surface area contributed by atoms with E-state index in [-0.39, 0.29) is 5.91 Å². The number of nitrogens with zero attached hydrogens (tertiary/aromatic N) is 1. The van der Waals surface area contributed by atoms with Crippen LogP contribution in [0.2, 0.25) is 5.02 Å². The summed E-state index contributed by atoms with van der Waals surface area (Å²) in [5, 5.41) is 6.79. The Hall–Kier alpha value is -1.30. The van der Waals surface area contributed by atoms with Gasteiger partial charge >= 0.3 is 0 Å². The van der Waals surface area contributed by atoms with Gasteiger partial charge in [-0.05, 0) is 12.1 Å². The molecule has 1 saturated heterocycles. The number of rotatable bonds is 7. The third-order valence-corrected chi connectivity index (χ3v) is 3.70. The summed E-state index contributed by atoms with van der Waals surface area (Å²) < 4.78 is 5.49. The van der Waals surface area contributed by atoms with Crippen molar-refractivity contribution in [1.29, 1.82) is 0 Å². The molecule has 1 aliphatic rings. The molecule has 0 radical (unpaired) electrons. The van der Waals surface area contributed by atoms with Crippen LogP contribution < -0.4 is 15.4 Å². The molecule has 1 amide bonds. The molecular formula is C15H22ClN3O2. The molecule has 2 rings (SSSR count). The van der Waals surface area contributed by atoms with Crippen LogP contribution in [0.4, 0.5) is 0 Å². The van der Waals surface area contributed by atoms with Crippen molar-refractivity contribution in [1.82, 2.24) is 15.5 Å². The molecule has 21 heavy (non-hydrogen) atoms. The Kier molecular flexibility index (Phi) is 6.79. The van der Waals surface area contributed by atoms with Gasteiger partial charge in [-0.15, -0.1) is 0 Å². The predicted octanol–water partition coefficient (Wildman–Crippen LogP) is 1.13. The molecule has 1 fully saturated rings. The van der Waals surface area contributed by atoms with Crippen LogP contribution in [-0.2, 0) is 4.79 Å². The summed E-state index contributed by atoms with van der Waals surface area (Å²) in [7, 11) is 0. The molecule has 0 unspecified atom stereocenters. The molecule has 116 valence electrons. The Morgan fingerprint density at radius 2 is 2.10 bits per heavy atom. The summed E-state index contributed by atoms with van der Waals surface area (Å²) in [6.45, 7) is 6.07. The predicted molar refractivity (Wildman–Crippen MR) is 83.9 cm³/mol. The fraction of sp³-hybridized carbons (Fsp3) is 0.533. The van der Waals surface area contributed by atoms with Crippen molar-refractivity contribution in [3.63, 3.8) is 0 Å². The molecule has 5 nitrogen and oxygen atoms in total. The molecule has 0 aliphatic carbocycles. The SMILES string of the molecule is O=C(CCOc1ccccc1Cl)NCCN1CCNCC1. The van der Waals surface area contributed by atoms with Gasteiger partial charge in [0.25, 0.3) is 0 Å². The Morgan fingerprint density at radius 3 is 2.86 bits per heavy atom. The summed E-state index contributed by atoms with van der Waals surface area (Å²) in [6, 6.07) is 7.27. The van der Waals surface area contributed by atoms with Gasteiger partial charge in [-0.25, -0.2) is 0 Å². The average Bonchev–Trinajstić information content (AvgIpc) is 2.50. The minimum Gasteiger partial charge on any atom is -0.491 e. The number of para-hydroxylation sites is 1. The van der Waals surface area contributed by atoms with E-state index in [2.05, 4.69) is 15.5 Å². The minimum atomic E-state index is 0.0113. The highest BCUT2D eigenvalue weighted by Crippen LogP contribution is 2.22. The zero-order valence-corrected chi connectivity index (χ0v) is 12.9. The summed E-state index contributed by atoms with van der Waals surface area (Å²) in [5.41, 5.74) is 0. The first-order valence-corrected chi connectivity index (χ1v) is 7.70. The molecule has 1 aliphatic heterocycles. The van der Waals surface area contributed by atoms with Gasteiger partial charge in [-0.3, -0.25) is 9.69 Å². The van der Waals surface area contributed by atoms with Crippen molar-refractivity contribution < 1.29 is 9.53 Å². The first kappa shape index (κ1) is 16.1. The second-order valence-corrected chi connectivity index (χ2v) is 5.38. The van der Waals surface area contributed by atoms with Crippen LogP contribution in [0.25, 0.3) is 0 Å². The molecular weight excluding hydrogens is 290 g/mol. The number of carbonyl (C=O) groups excluding carboxylic acids is 1. The molecule has 0 bridgehead atoms. The van der Waals surface area contributed by atoms with Gasteiger partial charge < -0.3 is 15.4 Å². The normalized spacial score (nSPS) is 15.7. The minimum absolute atomic E-state index is 0.0113. The van der Waals surface area contributed by atoms with Gasteiger partial charge in [0.15, 0.2) is 0 Å². The highest BCUT2D eigenvalue weighted by Gasteiger charge is 2.09. The highest BCUT2D eigenvalue weighted by atomic mass is 35.5. The second-order valence-electron chi connectivity index (χ2n) is 4.97. The smallest absolute Gasteiger partial charge is 0.223 e. The fourth-order valence-electron chi connectivity index (χ4n) is 2.19. The van der Waals surface area contributed by atoms with Crippen molar-refractivity contribution >= 4 is 17.5 Å². The molecule has 0 saturated carbocycles. The molecule has 2 N–H and O–H groups in total. The molecule has 6 heteroatoms. The standard InChI is InChI=1S/C15H22ClN3O2/c16-13-3-1-2-4-14(13)21-12-5-15(20)18-8-11-19-9-6-17-7-10-19/h1-4,17H,5-12H2,(H,18,20). The number of hydrogen-bond acceptors (Lipinski definition) is 4. The number of nitrogens with one attached hydrogen (secondary N) is 2. The van der Waals surface area contributed by atoms with Crippen molar-refractivity contribution in [2.75, 3.05) is 45.9 Å². The lowest BCUT2D eigenvalue weighted by Gasteiger charge is -2.27. The van der Waals surface area contributed by atoms with E-state index in [1.807, 2.05) is 12.1 Å². The lowest BCUT2D eigenvalue weighted by molar-refractivity contribution is -0.121. The number of benzene rings is 1. The Balaban J connectivity index is 1.56. The lowest BCUT2D eigenvalue weighted by Crippen LogP contribution is -2.46. The van der Waals surface area contributed by atoms with Crippen molar-refractivity contribution in [2.24, 2.45) is 0 Å². The van der Waals surface area contributed by atoms with Gasteiger partial charge in [0.1, 0.15) is 5.75 Å². The third-order valence-electron chi connectivity index (χ3n) is 3.38. The number of carbonyl (C=O) groups is 1. The van der Waals surface area contributed by atoms with Crippen LogP contribution in [0, 0.1) is 0 Å². The largest absolute Gasteiger partial charge is 0.491 e. The molecule has 1 aromatic rings. The van der Waals surface area contributed by atoms with Gasteiger partial charge in [-0.1, -0.05) is 23.7 Å². The van der Waals surface area contributed by atoms with E-state index in [1.54, 1.807) is 12.1 Å². The number of piperazine rings is 1. The summed E-state index contributed by atoms with van der Waals surface area (Å²) in [4.78, 5) is 14.0. The molecule has 1 heterocycles. The number of hydrogen-bond donors (Lipinski definition) is 2. The van der Waals surface area contributed by atoms with Gasteiger partial charge in [0, 0.05) is 39.3 Å². The van der Waals surface area contributed by atoms with E-state index in [1.165, 1.54) is 0 Å². The fourth-order valence-corrected chi connectivity index (χ4v) is 2.38. The van der Waals surface area contributed by atoms with Crippen LogP contribution in [0.1, 0.15) is 6.42 Å². The first-order chi connectivity index (χ1) is 10.3. The van der Waals surface area contributed by atoms with Crippen LogP contribution >= 0.6 is 11.6 Å². The summed E-state index contributed by atoms with van der Waals surface area (Å²) in [5.74, 6) is 0.630. The van der Waals surface area contributed by atoms with Crippen LogP contribution in [0.15, 0.2) is 24.3 Å². The van der Waals surface area contributed by atoms with Crippen molar-refractivity contribution in [3.8, 4) is 5.75 Å². The first-order valence-electron chi connectivity index (χ1n) is 7.33. The quantitative estimate of drug-likeness (QED) is 0.793. The monoisotopic (exact) mass is 311 g/mol. The van der Waals surface area contributed by atoms with Crippen LogP contribution in [0.5, 0.6) is 5.75 Å². The summed E-state index contributed by atoms with van der Waals surface area (Å²) >= 11 is 5.97. The topological polar surface area (TPSA) is 53.6 Å². The summed E-state index contributed by atoms with van der Waals surface area (Å²) in [6.07, 6.45) is 0.340. The maximum Gasteiger partial charge on any atom is 0.223 e. The van der Waals surface area contributed by atoms with Gasteiger partial charge in [0.2, 0.25) is 5.91 Å². The van der Waals surface area contributed by atoms with E-state index in [0.29, 0.717) is 30.3 Å². The maximum absolute atomic E-state index is 11.7. The Labute approximate surface area is 130 Å². The molecule has 0 spiro atoms. The van der Waals surface area contributed by atoms with E-state index >= 15 is 0 Å². The molecule has 0 aromatic heterocycles.